The summed E-state index contributed by atoms with van der Waals surface area (Å²) < 4.78 is 37.4. The Bertz CT molecular complexity index is 869. The van der Waals surface area contributed by atoms with Crippen LogP contribution in [-0.2, 0) is 19.4 Å². The lowest BCUT2D eigenvalue weighted by atomic mass is 10.0. The molecule has 2 aromatic rings. The van der Waals surface area contributed by atoms with Crippen molar-refractivity contribution < 1.29 is 18.0 Å². The van der Waals surface area contributed by atoms with Crippen LogP contribution in [0, 0.1) is 0 Å². The molecular formula is C21H23ClF3N3O. The maximum absolute atomic E-state index is 12.5. The number of carbonyl (C=O) groups is 1. The lowest BCUT2D eigenvalue weighted by Gasteiger charge is -2.19. The second kappa shape index (κ2) is 9.05. The molecule has 2 aromatic carbocycles. The Morgan fingerprint density at radius 1 is 1.14 bits per heavy atom. The van der Waals surface area contributed by atoms with E-state index in [0.717, 1.165) is 44.2 Å². The van der Waals surface area contributed by atoms with Crippen molar-refractivity contribution in [1.29, 1.82) is 0 Å². The van der Waals surface area contributed by atoms with E-state index in [1.165, 1.54) is 11.1 Å². The molecule has 0 saturated carbocycles. The average molecular weight is 426 g/mol. The van der Waals surface area contributed by atoms with Gasteiger partial charge >= 0.3 is 6.18 Å². The number of amides is 1. The molecule has 4 nitrogen and oxygen atoms in total. The van der Waals surface area contributed by atoms with Crippen molar-refractivity contribution in [2.75, 3.05) is 32.0 Å². The number of carbonyl (C=O) groups excluding carboxylic acids is 1. The third-order valence-electron chi connectivity index (χ3n) is 4.92. The summed E-state index contributed by atoms with van der Waals surface area (Å²) in [6.07, 6.45) is -2.59. The zero-order valence-corrected chi connectivity index (χ0v) is 16.8. The van der Waals surface area contributed by atoms with Gasteiger partial charge in [-0.3, -0.25) is 4.79 Å². The number of anilines is 1. The van der Waals surface area contributed by atoms with Gasteiger partial charge in [0.2, 0.25) is 0 Å². The van der Waals surface area contributed by atoms with Crippen molar-refractivity contribution in [2.45, 2.75) is 25.6 Å². The normalized spacial score (nSPS) is 14.1. The number of nitrogens with one attached hydrogen (secondary N) is 2. The van der Waals surface area contributed by atoms with Crippen LogP contribution in [0.4, 0.5) is 18.9 Å². The highest BCUT2D eigenvalue weighted by Crippen LogP contribution is 2.31. The molecule has 0 radical (unpaired) electrons. The molecule has 156 valence electrons. The highest BCUT2D eigenvalue weighted by molar-refractivity contribution is 6.33. The van der Waals surface area contributed by atoms with Gasteiger partial charge in [0.05, 0.1) is 10.7 Å². The van der Waals surface area contributed by atoms with E-state index in [2.05, 4.69) is 16.7 Å². The van der Waals surface area contributed by atoms with Crippen molar-refractivity contribution in [3.63, 3.8) is 0 Å². The fraction of sp³-hybridized carbons (Fsp3) is 0.381. The highest BCUT2D eigenvalue weighted by Gasteiger charge is 2.31. The molecule has 0 bridgehead atoms. The summed E-state index contributed by atoms with van der Waals surface area (Å²) in [5.74, 6) is -0.661. The van der Waals surface area contributed by atoms with E-state index in [1.54, 1.807) is 24.3 Å². The number of halogens is 4. The molecule has 3 rings (SSSR count). The van der Waals surface area contributed by atoms with Gasteiger partial charge in [0.1, 0.15) is 6.54 Å². The Hall–Kier alpha value is -2.25. The molecule has 1 aliphatic rings. The van der Waals surface area contributed by atoms with Gasteiger partial charge in [0.15, 0.2) is 0 Å². The van der Waals surface area contributed by atoms with Gasteiger partial charge < -0.3 is 15.5 Å². The molecule has 2 N–H and O–H groups in total. The van der Waals surface area contributed by atoms with Crippen LogP contribution >= 0.6 is 11.6 Å². The Labute approximate surface area is 173 Å². The summed E-state index contributed by atoms with van der Waals surface area (Å²) in [7, 11) is 1.14. The Kier molecular flexibility index (Phi) is 6.70. The van der Waals surface area contributed by atoms with Gasteiger partial charge in [0, 0.05) is 19.2 Å². The molecule has 1 aliphatic heterocycles. The van der Waals surface area contributed by atoms with E-state index in [0.29, 0.717) is 16.5 Å². The number of hydrogen-bond donors (Lipinski definition) is 2. The first-order valence-corrected chi connectivity index (χ1v) is 9.78. The molecule has 8 heteroatoms. The van der Waals surface area contributed by atoms with Crippen molar-refractivity contribution in [3.8, 4) is 0 Å². The van der Waals surface area contributed by atoms with Crippen LogP contribution in [0.15, 0.2) is 36.4 Å². The van der Waals surface area contributed by atoms with Gasteiger partial charge in [0.25, 0.3) is 5.91 Å². The minimum atomic E-state index is -4.42. The largest absolute Gasteiger partial charge is 0.406 e. The highest BCUT2D eigenvalue weighted by atomic mass is 35.5. The summed E-state index contributed by atoms with van der Waals surface area (Å²) in [5, 5.41) is 7.42. The summed E-state index contributed by atoms with van der Waals surface area (Å²) in [6.45, 7) is 1.05. The smallest absolute Gasteiger partial charge is 0.380 e. The summed E-state index contributed by atoms with van der Waals surface area (Å²) in [6, 6.07) is 10.5. The zero-order valence-electron chi connectivity index (χ0n) is 16.1. The van der Waals surface area contributed by atoms with Crippen molar-refractivity contribution in [3.05, 3.63) is 63.7 Å². The summed E-state index contributed by atoms with van der Waals surface area (Å²) in [4.78, 5) is 12.8. The SMILES string of the molecule is CN(CC(F)(F)F)C(=O)c1ccc(CNc2c(Cl)ccc3c2CCNCC3)cc1. The van der Waals surface area contributed by atoms with Crippen LogP contribution in [0.2, 0.25) is 5.02 Å². The average Bonchev–Trinajstić information content (AvgIpc) is 2.91. The zero-order chi connectivity index (χ0) is 21.0. The number of fused-ring (bicyclic) bond motifs is 1. The minimum absolute atomic E-state index is 0.221. The third-order valence-corrected chi connectivity index (χ3v) is 5.23. The van der Waals surface area contributed by atoms with Gasteiger partial charge in [-0.2, -0.15) is 13.2 Å². The van der Waals surface area contributed by atoms with Crippen molar-refractivity contribution in [1.82, 2.24) is 10.2 Å². The van der Waals surface area contributed by atoms with E-state index in [-0.39, 0.29) is 5.56 Å². The van der Waals surface area contributed by atoms with Gasteiger partial charge in [-0.15, -0.1) is 0 Å². The molecule has 0 spiro atoms. The van der Waals surface area contributed by atoms with E-state index < -0.39 is 18.6 Å². The van der Waals surface area contributed by atoms with E-state index >= 15 is 0 Å². The van der Waals surface area contributed by atoms with Crippen LogP contribution < -0.4 is 10.6 Å². The molecule has 29 heavy (non-hydrogen) atoms. The molecule has 0 fully saturated rings. The van der Waals surface area contributed by atoms with Crippen LogP contribution in [0.3, 0.4) is 0 Å². The molecule has 0 unspecified atom stereocenters. The van der Waals surface area contributed by atoms with Crippen molar-refractivity contribution >= 4 is 23.2 Å². The number of rotatable bonds is 5. The first-order chi connectivity index (χ1) is 13.7. The Morgan fingerprint density at radius 2 is 1.83 bits per heavy atom. The van der Waals surface area contributed by atoms with E-state index in [4.69, 9.17) is 11.6 Å². The van der Waals surface area contributed by atoms with Crippen molar-refractivity contribution in [2.24, 2.45) is 0 Å². The monoisotopic (exact) mass is 425 g/mol. The van der Waals surface area contributed by atoms with Crippen LogP contribution in [0.5, 0.6) is 0 Å². The van der Waals surface area contributed by atoms with Crippen LogP contribution in [-0.4, -0.2) is 43.7 Å². The predicted molar refractivity (Wildman–Crippen MR) is 109 cm³/mol. The first kappa shape index (κ1) is 21.5. The Balaban J connectivity index is 1.68. The van der Waals surface area contributed by atoms with Crippen LogP contribution in [0.1, 0.15) is 27.0 Å². The molecule has 1 heterocycles. The molecule has 0 aromatic heterocycles. The minimum Gasteiger partial charge on any atom is -0.380 e. The quantitative estimate of drug-likeness (QED) is 0.751. The molecular weight excluding hydrogens is 403 g/mol. The maximum Gasteiger partial charge on any atom is 0.406 e. The predicted octanol–water partition coefficient (Wildman–Crippen LogP) is 4.27. The summed E-state index contributed by atoms with van der Waals surface area (Å²) in [5.41, 5.74) is 4.52. The number of alkyl halides is 3. The third kappa shape index (κ3) is 5.64. The number of hydrogen-bond acceptors (Lipinski definition) is 3. The second-order valence-corrected chi connectivity index (χ2v) is 7.54. The van der Waals surface area contributed by atoms with Gasteiger partial charge in [-0.1, -0.05) is 29.8 Å². The van der Waals surface area contributed by atoms with E-state index in [9.17, 15) is 18.0 Å². The van der Waals surface area contributed by atoms with Gasteiger partial charge in [-0.05, 0) is 60.8 Å². The summed E-state index contributed by atoms with van der Waals surface area (Å²) >= 11 is 6.41. The number of nitrogens with zero attached hydrogens (tertiary/aromatic N) is 1. The molecule has 0 aliphatic carbocycles. The van der Waals surface area contributed by atoms with E-state index in [1.807, 2.05) is 6.07 Å². The number of benzene rings is 2. The fourth-order valence-electron chi connectivity index (χ4n) is 3.45. The second-order valence-electron chi connectivity index (χ2n) is 7.14. The fourth-order valence-corrected chi connectivity index (χ4v) is 3.70. The molecule has 0 atom stereocenters. The van der Waals surface area contributed by atoms with Gasteiger partial charge in [-0.25, -0.2) is 0 Å². The topological polar surface area (TPSA) is 44.4 Å². The maximum atomic E-state index is 12.5. The van der Waals surface area contributed by atoms with Crippen LogP contribution in [0.25, 0.3) is 0 Å². The standard InChI is InChI=1S/C21H23ClF3N3O/c1-28(13-21(23,24)25)20(29)16-4-2-14(3-5-16)12-27-19-17-9-11-26-10-8-15(17)6-7-18(19)22/h2-7,26-27H,8-13H2,1H3. The molecule has 1 amide bonds. The first-order valence-electron chi connectivity index (χ1n) is 9.40. The Morgan fingerprint density at radius 3 is 2.52 bits per heavy atom. The molecule has 0 saturated heterocycles. The lowest BCUT2D eigenvalue weighted by Crippen LogP contribution is -2.35. The lowest BCUT2D eigenvalue weighted by molar-refractivity contribution is -0.138.